The molecule has 0 spiro atoms. The Morgan fingerprint density at radius 1 is 1.35 bits per heavy atom. The zero-order chi connectivity index (χ0) is 19.1. The van der Waals surface area contributed by atoms with Crippen LogP contribution in [0.4, 0.5) is 11.5 Å². The zero-order valence-corrected chi connectivity index (χ0v) is 15.0. The molecule has 140 valence electrons. The molecule has 0 saturated heterocycles. The Kier molecular flexibility index (Phi) is 6.60. The van der Waals surface area contributed by atoms with Crippen LogP contribution in [-0.4, -0.2) is 22.0 Å². The summed E-state index contributed by atoms with van der Waals surface area (Å²) in [6, 6.07) is 3.42. The number of nitrogens with zero attached hydrogens (tertiary/aromatic N) is 2. The summed E-state index contributed by atoms with van der Waals surface area (Å²) in [4.78, 5) is 40.6. The number of unbranched alkanes of at least 4 members (excludes halogenated alkanes) is 1. The first kappa shape index (κ1) is 19.3. The third kappa shape index (κ3) is 4.33. The molecule has 26 heavy (non-hydrogen) atoms. The Hall–Kier alpha value is -3.03. The van der Waals surface area contributed by atoms with Gasteiger partial charge < -0.3 is 15.1 Å². The number of nitrogens with two attached hydrogens (primary N) is 1. The third-order valence-electron chi connectivity index (χ3n) is 3.87. The summed E-state index contributed by atoms with van der Waals surface area (Å²) in [5.41, 5.74) is 4.85. The summed E-state index contributed by atoms with van der Waals surface area (Å²) in [5, 5.41) is 0. The molecule has 0 unspecified atom stereocenters. The van der Waals surface area contributed by atoms with Crippen LogP contribution in [0.1, 0.15) is 38.9 Å². The summed E-state index contributed by atoms with van der Waals surface area (Å²) in [6.45, 7) is 4.54. The molecule has 2 heterocycles. The van der Waals surface area contributed by atoms with Crippen molar-refractivity contribution in [1.82, 2.24) is 9.55 Å². The Bertz CT molecular complexity index is 878. The molecule has 0 aliphatic heterocycles. The molecule has 0 aliphatic rings. The van der Waals surface area contributed by atoms with Gasteiger partial charge in [-0.3, -0.25) is 19.1 Å². The smallest absolute Gasteiger partial charge is 0.330 e. The minimum Gasteiger partial charge on any atom is -0.465 e. The number of nitrogens with one attached hydrogen (secondary N) is 1. The molecule has 2 rings (SSSR count). The van der Waals surface area contributed by atoms with Crippen molar-refractivity contribution in [2.24, 2.45) is 0 Å². The minimum absolute atomic E-state index is 0.000369. The predicted octanol–water partition coefficient (Wildman–Crippen LogP) is 1.97. The highest BCUT2D eigenvalue weighted by Gasteiger charge is 2.22. The van der Waals surface area contributed by atoms with Crippen molar-refractivity contribution in [3.05, 3.63) is 51.1 Å². The average molecular weight is 360 g/mol. The van der Waals surface area contributed by atoms with Gasteiger partial charge >= 0.3 is 5.69 Å². The van der Waals surface area contributed by atoms with E-state index in [1.807, 2.05) is 13.8 Å². The molecule has 0 aliphatic carbocycles. The van der Waals surface area contributed by atoms with Crippen molar-refractivity contribution in [1.29, 1.82) is 0 Å². The van der Waals surface area contributed by atoms with Crippen molar-refractivity contribution in [2.75, 3.05) is 17.2 Å². The van der Waals surface area contributed by atoms with Gasteiger partial charge in [-0.15, -0.1) is 0 Å². The van der Waals surface area contributed by atoms with Gasteiger partial charge in [-0.05, 0) is 31.1 Å². The molecule has 2 aromatic heterocycles. The zero-order valence-electron chi connectivity index (χ0n) is 15.0. The van der Waals surface area contributed by atoms with Crippen LogP contribution >= 0.6 is 0 Å². The number of amides is 1. The maximum absolute atomic E-state index is 12.6. The van der Waals surface area contributed by atoms with Crippen molar-refractivity contribution < 1.29 is 9.21 Å². The van der Waals surface area contributed by atoms with Crippen LogP contribution in [0, 0.1) is 0 Å². The number of carbonyl (C=O) groups excluding carboxylic acids is 1. The van der Waals surface area contributed by atoms with Crippen LogP contribution in [-0.2, 0) is 11.3 Å². The third-order valence-corrected chi connectivity index (χ3v) is 3.87. The summed E-state index contributed by atoms with van der Waals surface area (Å²) < 4.78 is 6.46. The molecule has 8 nitrogen and oxygen atoms in total. The van der Waals surface area contributed by atoms with E-state index in [4.69, 9.17) is 10.2 Å². The minimum atomic E-state index is -0.673. The molecule has 1 amide bonds. The number of anilines is 2. The summed E-state index contributed by atoms with van der Waals surface area (Å²) >= 11 is 0. The lowest BCUT2D eigenvalue weighted by Gasteiger charge is -2.22. The van der Waals surface area contributed by atoms with E-state index in [2.05, 4.69) is 4.98 Å². The lowest BCUT2D eigenvalue weighted by molar-refractivity contribution is -0.114. The quantitative estimate of drug-likeness (QED) is 0.699. The van der Waals surface area contributed by atoms with Gasteiger partial charge in [-0.1, -0.05) is 20.3 Å². The normalized spacial score (nSPS) is 11.2. The van der Waals surface area contributed by atoms with E-state index in [9.17, 15) is 14.4 Å². The first-order chi connectivity index (χ1) is 12.5. The summed E-state index contributed by atoms with van der Waals surface area (Å²) in [5.74, 6) is 0.103. The molecule has 0 bridgehead atoms. The highest BCUT2D eigenvalue weighted by atomic mass is 16.3. The van der Waals surface area contributed by atoms with E-state index in [1.165, 1.54) is 27.9 Å². The van der Waals surface area contributed by atoms with Crippen LogP contribution in [0.2, 0.25) is 0 Å². The van der Waals surface area contributed by atoms with E-state index in [0.29, 0.717) is 25.3 Å². The van der Waals surface area contributed by atoms with Crippen molar-refractivity contribution in [3.63, 3.8) is 0 Å². The van der Waals surface area contributed by atoms with E-state index >= 15 is 0 Å². The fraction of sp³-hybridized carbons (Fsp3) is 0.389. The van der Waals surface area contributed by atoms with Crippen LogP contribution in [0.5, 0.6) is 0 Å². The SMILES string of the molecule is CCCCn1c(N)c(N(CCC)C(=O)/C=C\c2ccco2)c(=O)[nH]c1=O. The average Bonchev–Trinajstić information content (AvgIpc) is 3.12. The Morgan fingerprint density at radius 2 is 2.12 bits per heavy atom. The standard InChI is InChI=1S/C18H24N4O4/c1-3-5-11-22-16(19)15(17(24)20-18(22)25)21(10-4-2)14(23)9-8-13-7-6-12-26-13/h6-9,12H,3-5,10-11,19H2,1-2H3,(H,20,24,25)/b9-8-. The number of aromatic amines is 1. The Morgan fingerprint density at radius 3 is 2.73 bits per heavy atom. The van der Waals surface area contributed by atoms with Gasteiger partial charge in [-0.2, -0.15) is 0 Å². The number of aromatic nitrogens is 2. The van der Waals surface area contributed by atoms with Gasteiger partial charge in [0, 0.05) is 19.2 Å². The van der Waals surface area contributed by atoms with E-state index in [-0.39, 0.29) is 11.5 Å². The van der Waals surface area contributed by atoms with Gasteiger partial charge in [0.1, 0.15) is 11.6 Å². The monoisotopic (exact) mass is 360 g/mol. The van der Waals surface area contributed by atoms with Gasteiger partial charge in [0.05, 0.1) is 6.26 Å². The highest BCUT2D eigenvalue weighted by Crippen LogP contribution is 2.18. The molecular formula is C18H24N4O4. The van der Waals surface area contributed by atoms with Crippen molar-refractivity contribution in [3.8, 4) is 0 Å². The number of hydrogen-bond acceptors (Lipinski definition) is 5. The molecular weight excluding hydrogens is 336 g/mol. The fourth-order valence-electron chi connectivity index (χ4n) is 2.56. The maximum Gasteiger partial charge on any atom is 0.330 e. The summed E-state index contributed by atoms with van der Waals surface area (Å²) in [7, 11) is 0. The largest absolute Gasteiger partial charge is 0.465 e. The first-order valence-corrected chi connectivity index (χ1v) is 8.65. The van der Waals surface area contributed by atoms with E-state index in [1.54, 1.807) is 12.1 Å². The molecule has 0 atom stereocenters. The van der Waals surface area contributed by atoms with Gasteiger partial charge in [0.25, 0.3) is 11.5 Å². The van der Waals surface area contributed by atoms with Crippen LogP contribution in [0.3, 0.4) is 0 Å². The van der Waals surface area contributed by atoms with Crippen molar-refractivity contribution in [2.45, 2.75) is 39.7 Å². The second kappa shape index (κ2) is 8.89. The van der Waals surface area contributed by atoms with Crippen molar-refractivity contribution >= 4 is 23.5 Å². The lowest BCUT2D eigenvalue weighted by atomic mass is 10.3. The van der Waals surface area contributed by atoms with Crippen LogP contribution < -0.4 is 21.9 Å². The first-order valence-electron chi connectivity index (χ1n) is 8.65. The lowest BCUT2D eigenvalue weighted by Crippen LogP contribution is -2.41. The van der Waals surface area contributed by atoms with Gasteiger partial charge in [0.2, 0.25) is 0 Å². The Balaban J connectivity index is 2.44. The Labute approximate surface area is 150 Å². The van der Waals surface area contributed by atoms with Crippen LogP contribution in [0.25, 0.3) is 6.08 Å². The second-order valence-corrected chi connectivity index (χ2v) is 5.84. The molecule has 0 saturated carbocycles. The maximum atomic E-state index is 12.6. The highest BCUT2D eigenvalue weighted by molar-refractivity contribution is 6.04. The van der Waals surface area contributed by atoms with Gasteiger partial charge in [0.15, 0.2) is 5.69 Å². The molecule has 0 fully saturated rings. The number of hydrogen-bond donors (Lipinski definition) is 2. The van der Waals surface area contributed by atoms with E-state index < -0.39 is 17.2 Å². The van der Waals surface area contributed by atoms with Crippen LogP contribution in [0.15, 0.2) is 38.5 Å². The molecule has 0 radical (unpaired) electrons. The number of nitrogen functional groups attached to an aromatic ring is 1. The molecule has 0 aromatic carbocycles. The topological polar surface area (TPSA) is 114 Å². The fourth-order valence-corrected chi connectivity index (χ4v) is 2.56. The number of carbonyl (C=O) groups is 1. The summed E-state index contributed by atoms with van der Waals surface area (Å²) in [6.07, 6.45) is 6.55. The van der Waals surface area contributed by atoms with E-state index in [0.717, 1.165) is 12.8 Å². The number of furan rings is 1. The predicted molar refractivity (Wildman–Crippen MR) is 101 cm³/mol. The molecule has 8 heteroatoms. The van der Waals surface area contributed by atoms with Gasteiger partial charge in [-0.25, -0.2) is 4.79 Å². The second-order valence-electron chi connectivity index (χ2n) is 5.84. The molecule has 2 aromatic rings. The molecule has 3 N–H and O–H groups in total. The number of H-pyrrole nitrogens is 1. The number of rotatable bonds is 8.